The second-order valence-electron chi connectivity index (χ2n) is 27.5. The van der Waals surface area contributed by atoms with Crippen molar-refractivity contribution in [3.8, 4) is 0 Å². The molecule has 0 aliphatic heterocycles. The van der Waals surface area contributed by atoms with Crippen LogP contribution in [0.1, 0.15) is 164 Å². The van der Waals surface area contributed by atoms with E-state index in [0.29, 0.717) is 5.56 Å². The maximum atomic E-state index is 15.0. The Morgan fingerprint density at radius 2 is 0.748 bits per heavy atom. The van der Waals surface area contributed by atoms with Gasteiger partial charge in [-0.15, -0.1) is 0 Å². The molecule has 0 radical (unpaired) electrons. The molecule has 4 rings (SSSR count). The van der Waals surface area contributed by atoms with Crippen molar-refractivity contribution in [1.29, 1.82) is 0 Å². The zero-order chi connectivity index (χ0) is 76.7. The standard InChI is InChI=1S/C39H52F4N2O9.C34H44F4N2O7.2CH4/c1-24(2)20-29(34(48)52-25(3)33(47)51-23-27-14-12-11-13-15-27)44(9)32(46)31(21-26-16-18-28(19-17-26)39(41,42)43)53-35(49)30(22-38(7,8)40)45(10)36(50)54-37(4,5)6;1-21(2)17-27(32(44)46-22(3)30(42)45-20-24-11-9-8-10-12-24)40(7)29(41)28(47-31(43)26(39-6)19-33(4,5)35)18-23-13-15-25(16-14-23)34(36,37)38;;/h11-19,24-25,29-31H,20-23H2,1-10H3;8-16,21-22,26-28,39H,17-20H2,1-7H3;2*1H4/t25-,29+,30+,31-;22-,26+,27+,28-;;/m11../s1. The van der Waals surface area contributed by atoms with Crippen LogP contribution in [0.5, 0.6) is 0 Å². The van der Waals surface area contributed by atoms with Crippen LogP contribution in [0.25, 0.3) is 0 Å². The van der Waals surface area contributed by atoms with Gasteiger partial charge in [-0.25, -0.2) is 37.5 Å². The Morgan fingerprint density at radius 3 is 1.05 bits per heavy atom. The van der Waals surface area contributed by atoms with Crippen LogP contribution in [-0.2, 0) is 110 Å². The third-order valence-electron chi connectivity index (χ3n) is 15.2. The molecular formula is C75H104F8N4O16. The molecule has 0 aliphatic rings. The number of esters is 6. The first-order valence-corrected chi connectivity index (χ1v) is 32.7. The molecule has 20 nitrogen and oxygen atoms in total. The number of rotatable bonds is 32. The lowest BCUT2D eigenvalue weighted by molar-refractivity contribution is -0.174. The predicted octanol–water partition coefficient (Wildman–Crippen LogP) is 13.8. The average molecular weight is 1470 g/mol. The van der Waals surface area contributed by atoms with Crippen LogP contribution in [0.3, 0.4) is 0 Å². The van der Waals surface area contributed by atoms with E-state index in [9.17, 15) is 73.9 Å². The third kappa shape index (κ3) is 32.7. The van der Waals surface area contributed by atoms with Gasteiger partial charge in [0.15, 0.2) is 24.4 Å². The molecule has 1 N–H and O–H groups in total. The van der Waals surface area contributed by atoms with E-state index in [0.717, 1.165) is 68.8 Å². The third-order valence-corrected chi connectivity index (χ3v) is 15.2. The van der Waals surface area contributed by atoms with E-state index in [4.69, 9.17) is 33.2 Å². The molecule has 4 aromatic rings. The van der Waals surface area contributed by atoms with Gasteiger partial charge >= 0.3 is 54.3 Å². The van der Waals surface area contributed by atoms with Gasteiger partial charge in [-0.05, 0) is 141 Å². The number of likely N-dealkylation sites (N-methyl/N-ethyl adjacent to an activating group) is 4. The fraction of sp³-hybridized carbons (Fsp3) is 0.560. The zero-order valence-electron chi connectivity index (χ0n) is 60.2. The molecule has 0 spiro atoms. The number of hydrogen-bond acceptors (Lipinski definition) is 17. The van der Waals surface area contributed by atoms with Crippen molar-refractivity contribution in [2.45, 2.75) is 234 Å². The van der Waals surface area contributed by atoms with Crippen LogP contribution < -0.4 is 5.32 Å². The fourth-order valence-electron chi connectivity index (χ4n) is 9.75. The molecule has 0 saturated heterocycles. The van der Waals surface area contributed by atoms with E-state index in [1.807, 2.05) is 0 Å². The quantitative estimate of drug-likeness (QED) is 0.0271. The number of carbonyl (C=O) groups excluding carboxylic acids is 9. The molecule has 0 saturated carbocycles. The van der Waals surface area contributed by atoms with Crippen molar-refractivity contribution in [2.24, 2.45) is 11.8 Å². The number of nitrogens with one attached hydrogen (secondary N) is 1. The lowest BCUT2D eigenvalue weighted by atomic mass is 9.99. The summed E-state index contributed by atoms with van der Waals surface area (Å²) in [7, 11) is 5.16. The minimum atomic E-state index is -4.64. The Hall–Kier alpha value is -8.69. The normalized spacial score (nSPS) is 14.1. The summed E-state index contributed by atoms with van der Waals surface area (Å²) in [5.41, 5.74) is -4.81. The fourth-order valence-corrected chi connectivity index (χ4v) is 9.75. The van der Waals surface area contributed by atoms with Gasteiger partial charge in [0.05, 0.1) is 11.1 Å². The van der Waals surface area contributed by atoms with Crippen LogP contribution in [-0.4, -0.2) is 162 Å². The number of hydrogen-bond donors (Lipinski definition) is 1. The summed E-state index contributed by atoms with van der Waals surface area (Å²) in [5, 5.41) is 2.66. The van der Waals surface area contributed by atoms with Crippen molar-refractivity contribution in [3.05, 3.63) is 143 Å². The van der Waals surface area contributed by atoms with Crippen molar-refractivity contribution >= 4 is 53.7 Å². The first-order valence-electron chi connectivity index (χ1n) is 32.7. The van der Waals surface area contributed by atoms with Crippen LogP contribution in [0.15, 0.2) is 109 Å². The summed E-state index contributed by atoms with van der Waals surface area (Å²) >= 11 is 0. The highest BCUT2D eigenvalue weighted by Crippen LogP contribution is 2.32. The van der Waals surface area contributed by atoms with Crippen LogP contribution in [0.4, 0.5) is 39.9 Å². The maximum Gasteiger partial charge on any atom is 0.416 e. The first kappa shape index (κ1) is 92.3. The molecule has 576 valence electrons. The Balaban J connectivity index is 0.00000102. The van der Waals surface area contributed by atoms with E-state index in [2.05, 4.69) is 5.32 Å². The van der Waals surface area contributed by atoms with Crippen LogP contribution >= 0.6 is 0 Å². The number of nitrogens with zero attached hydrogens (tertiary/aromatic N) is 3. The number of halogens is 8. The molecule has 8 atom stereocenters. The topological polar surface area (TPSA) is 240 Å². The monoisotopic (exact) mass is 1470 g/mol. The molecular weight excluding hydrogens is 1360 g/mol. The molecule has 0 unspecified atom stereocenters. The Morgan fingerprint density at radius 1 is 0.417 bits per heavy atom. The molecule has 4 aromatic carbocycles. The number of alkyl halides is 8. The van der Waals surface area contributed by atoms with Gasteiger partial charge in [0.2, 0.25) is 0 Å². The first-order chi connectivity index (χ1) is 46.6. The molecule has 28 heteroatoms. The van der Waals surface area contributed by atoms with Gasteiger partial charge in [0, 0.05) is 46.8 Å². The van der Waals surface area contributed by atoms with Crippen LogP contribution in [0.2, 0.25) is 0 Å². The number of carbonyl (C=O) groups is 9. The van der Waals surface area contributed by atoms with Crippen molar-refractivity contribution in [2.75, 3.05) is 28.2 Å². The number of benzene rings is 4. The number of ether oxygens (including phenoxy) is 7. The smallest absolute Gasteiger partial charge is 0.416 e. The van der Waals surface area contributed by atoms with Gasteiger partial charge in [-0.2, -0.15) is 26.3 Å². The van der Waals surface area contributed by atoms with Gasteiger partial charge in [-0.1, -0.05) is 127 Å². The van der Waals surface area contributed by atoms with Crippen molar-refractivity contribution in [1.82, 2.24) is 20.0 Å². The average Bonchev–Trinajstić information content (AvgIpc) is 0.823. The summed E-state index contributed by atoms with van der Waals surface area (Å²) < 4.78 is 147. The maximum absolute atomic E-state index is 15.0. The lowest BCUT2D eigenvalue weighted by Gasteiger charge is -2.34. The van der Waals surface area contributed by atoms with E-state index < -0.39 is 156 Å². The Labute approximate surface area is 600 Å². The van der Waals surface area contributed by atoms with E-state index in [1.165, 1.54) is 69.7 Å². The molecule has 3 amide bonds. The lowest BCUT2D eigenvalue weighted by Crippen LogP contribution is -2.52. The molecule has 0 heterocycles. The second kappa shape index (κ2) is 41.0. The number of amides is 3. The van der Waals surface area contributed by atoms with Gasteiger partial charge in [0.1, 0.15) is 54.3 Å². The minimum Gasteiger partial charge on any atom is -0.458 e. The predicted molar refractivity (Wildman–Crippen MR) is 369 cm³/mol. The largest absolute Gasteiger partial charge is 0.458 e. The van der Waals surface area contributed by atoms with Crippen LogP contribution in [0, 0.1) is 11.8 Å². The summed E-state index contributed by atoms with van der Waals surface area (Å²) in [5.74, 6) is -7.84. The molecule has 0 aromatic heterocycles. The van der Waals surface area contributed by atoms with Gasteiger partial charge in [-0.3, -0.25) is 19.3 Å². The SMILES string of the molecule is C.C.CC(C)C[C@@H](C(=O)O[C@H](C)C(=O)OCc1ccccc1)N(C)C(=O)[C@@H](Cc1ccc(C(F)(F)F)cc1)OC(=O)[C@H](CC(C)(C)F)N(C)C(=O)OC(C)(C)C.CN[C@@H](CC(C)(C)F)C(=O)O[C@H](Cc1ccc(C(F)(F)F)cc1)C(=O)N(C)[C@@H](CC(C)C)C(=O)O[C@H](C)C(=O)OCc1ccccc1. The molecule has 103 heavy (non-hydrogen) atoms. The van der Waals surface area contributed by atoms with E-state index in [1.54, 1.807) is 109 Å². The van der Waals surface area contributed by atoms with Crippen molar-refractivity contribution in [3.63, 3.8) is 0 Å². The molecule has 0 fully saturated rings. The Bertz CT molecular complexity index is 3340. The summed E-state index contributed by atoms with van der Waals surface area (Å²) in [6.45, 7) is 19.3. The highest BCUT2D eigenvalue weighted by atomic mass is 19.4. The molecule has 0 bridgehead atoms. The van der Waals surface area contributed by atoms with Crippen molar-refractivity contribution < 1.29 is 111 Å². The zero-order valence-corrected chi connectivity index (χ0v) is 60.2. The summed E-state index contributed by atoms with van der Waals surface area (Å²) in [6.07, 6.45) is -17.8. The Kier molecular flexibility index (Phi) is 36.7. The van der Waals surface area contributed by atoms with E-state index >= 15 is 4.39 Å². The minimum absolute atomic E-state index is 0. The van der Waals surface area contributed by atoms with E-state index in [-0.39, 0.29) is 76.7 Å². The second-order valence-corrected chi connectivity index (χ2v) is 27.5. The van der Waals surface area contributed by atoms with Gasteiger partial charge in [0.25, 0.3) is 11.8 Å². The van der Waals surface area contributed by atoms with Gasteiger partial charge < -0.3 is 48.3 Å². The highest BCUT2D eigenvalue weighted by Gasteiger charge is 2.43. The summed E-state index contributed by atoms with van der Waals surface area (Å²) in [4.78, 5) is 123. The highest BCUT2D eigenvalue weighted by molar-refractivity contribution is 5.92. The molecule has 0 aliphatic carbocycles. The summed E-state index contributed by atoms with van der Waals surface area (Å²) in [6, 6.07) is 20.2.